The Morgan fingerprint density at radius 2 is 2.08 bits per heavy atom. The highest BCUT2D eigenvalue weighted by molar-refractivity contribution is 9.10. The van der Waals surface area contributed by atoms with E-state index in [0.29, 0.717) is 5.41 Å². The maximum absolute atomic E-state index is 5.26. The van der Waals surface area contributed by atoms with Gasteiger partial charge >= 0.3 is 0 Å². The molecule has 1 aliphatic rings. The molecule has 0 atom stereocenters. The minimum Gasteiger partial charge on any atom is -0.496 e. The van der Waals surface area contributed by atoms with Crippen LogP contribution in [0, 0.1) is 0 Å². The highest BCUT2D eigenvalue weighted by atomic mass is 79.9. The molecule has 0 unspecified atom stereocenters. The van der Waals surface area contributed by atoms with Crippen molar-refractivity contribution in [2.24, 2.45) is 0 Å². The molecule has 0 amide bonds. The van der Waals surface area contributed by atoms with Crippen LogP contribution in [-0.4, -0.2) is 7.11 Å². The molecule has 70 valence electrons. The van der Waals surface area contributed by atoms with E-state index in [1.54, 1.807) is 7.11 Å². The van der Waals surface area contributed by atoms with E-state index in [1.807, 2.05) is 0 Å². The molecule has 1 aliphatic carbocycles. The molecule has 1 saturated carbocycles. The number of methoxy groups -OCH3 is 1. The van der Waals surface area contributed by atoms with Crippen LogP contribution in [0.5, 0.6) is 5.75 Å². The number of benzene rings is 1. The first-order valence-electron chi connectivity index (χ1n) is 4.50. The molecule has 0 radical (unpaired) electrons. The van der Waals surface area contributed by atoms with Crippen molar-refractivity contribution >= 4 is 15.9 Å². The second-order valence-electron chi connectivity index (χ2n) is 3.91. The molecule has 0 aromatic heterocycles. The number of hydrogen-bond acceptors (Lipinski definition) is 1. The number of hydrogen-bond donors (Lipinski definition) is 0. The highest BCUT2D eigenvalue weighted by Gasteiger charge is 2.39. The second-order valence-corrected chi connectivity index (χ2v) is 4.76. The summed E-state index contributed by atoms with van der Waals surface area (Å²) in [4.78, 5) is 0. The molecule has 1 aromatic rings. The third-order valence-electron chi connectivity index (χ3n) is 2.85. The molecule has 0 aliphatic heterocycles. The van der Waals surface area contributed by atoms with Crippen molar-refractivity contribution in [1.29, 1.82) is 0 Å². The van der Waals surface area contributed by atoms with Crippen LogP contribution in [0.15, 0.2) is 22.7 Å². The van der Waals surface area contributed by atoms with Crippen LogP contribution in [0.1, 0.15) is 25.3 Å². The predicted octanol–water partition coefficient (Wildman–Crippen LogP) is 3.51. The quantitative estimate of drug-likeness (QED) is 0.769. The number of rotatable bonds is 2. The molecule has 2 rings (SSSR count). The fraction of sp³-hybridized carbons (Fsp3) is 0.455. The van der Waals surface area contributed by atoms with Gasteiger partial charge in [0.25, 0.3) is 0 Å². The van der Waals surface area contributed by atoms with E-state index in [-0.39, 0.29) is 0 Å². The average molecular weight is 241 g/mol. The molecular weight excluding hydrogens is 228 g/mol. The Kier molecular flexibility index (Phi) is 2.11. The Hall–Kier alpha value is -0.500. The van der Waals surface area contributed by atoms with Gasteiger partial charge in [0.1, 0.15) is 5.75 Å². The first kappa shape index (κ1) is 9.07. The van der Waals surface area contributed by atoms with Crippen LogP contribution in [0.2, 0.25) is 0 Å². The molecule has 1 nitrogen and oxygen atoms in total. The summed E-state index contributed by atoms with van der Waals surface area (Å²) in [6.07, 6.45) is 2.61. The Morgan fingerprint density at radius 1 is 1.38 bits per heavy atom. The molecule has 0 N–H and O–H groups in total. The van der Waals surface area contributed by atoms with Gasteiger partial charge in [0, 0.05) is 0 Å². The van der Waals surface area contributed by atoms with Crippen LogP contribution >= 0.6 is 15.9 Å². The number of halogens is 1. The first-order valence-corrected chi connectivity index (χ1v) is 5.29. The maximum Gasteiger partial charge on any atom is 0.133 e. The molecule has 0 spiro atoms. The third kappa shape index (κ3) is 1.60. The first-order chi connectivity index (χ1) is 6.15. The van der Waals surface area contributed by atoms with E-state index >= 15 is 0 Å². The fourth-order valence-corrected chi connectivity index (χ4v) is 1.92. The molecule has 0 heterocycles. The summed E-state index contributed by atoms with van der Waals surface area (Å²) in [5.41, 5.74) is 1.82. The number of ether oxygens (including phenoxy) is 1. The van der Waals surface area contributed by atoms with Crippen molar-refractivity contribution in [3.8, 4) is 5.75 Å². The van der Waals surface area contributed by atoms with Crippen LogP contribution in [-0.2, 0) is 5.41 Å². The van der Waals surface area contributed by atoms with Gasteiger partial charge in [0.05, 0.1) is 11.6 Å². The van der Waals surface area contributed by atoms with Crippen molar-refractivity contribution in [2.75, 3.05) is 7.11 Å². The molecule has 1 aromatic carbocycles. The molecule has 0 saturated heterocycles. The van der Waals surface area contributed by atoms with Gasteiger partial charge in [-0.15, -0.1) is 0 Å². The Balaban J connectivity index is 2.39. The smallest absolute Gasteiger partial charge is 0.133 e. The minimum absolute atomic E-state index is 0.425. The van der Waals surface area contributed by atoms with Gasteiger partial charge in [-0.1, -0.05) is 13.0 Å². The Bertz CT molecular complexity index is 329. The normalized spacial score (nSPS) is 18.4. The molecule has 0 bridgehead atoms. The lowest BCUT2D eigenvalue weighted by Crippen LogP contribution is -1.99. The third-order valence-corrected chi connectivity index (χ3v) is 3.50. The summed E-state index contributed by atoms with van der Waals surface area (Å²) in [5, 5.41) is 0. The minimum atomic E-state index is 0.425. The molecule has 2 heteroatoms. The predicted molar refractivity (Wildman–Crippen MR) is 57.3 cm³/mol. The van der Waals surface area contributed by atoms with E-state index in [4.69, 9.17) is 4.74 Å². The van der Waals surface area contributed by atoms with Gasteiger partial charge in [0.2, 0.25) is 0 Å². The van der Waals surface area contributed by atoms with Crippen LogP contribution in [0.4, 0.5) is 0 Å². The highest BCUT2D eigenvalue weighted by Crippen LogP contribution is 2.48. The van der Waals surface area contributed by atoms with Crippen LogP contribution in [0.3, 0.4) is 0 Å². The maximum atomic E-state index is 5.26. The zero-order valence-corrected chi connectivity index (χ0v) is 9.52. The van der Waals surface area contributed by atoms with Gasteiger partial charge < -0.3 is 4.74 Å². The monoisotopic (exact) mass is 240 g/mol. The SMILES string of the molecule is COc1cc(C2(C)CC2)ccc1Br. The van der Waals surface area contributed by atoms with Crippen LogP contribution < -0.4 is 4.74 Å². The van der Waals surface area contributed by atoms with E-state index in [9.17, 15) is 0 Å². The zero-order valence-electron chi connectivity index (χ0n) is 7.93. The molecule has 1 fully saturated rings. The largest absolute Gasteiger partial charge is 0.496 e. The van der Waals surface area contributed by atoms with Gasteiger partial charge in [-0.2, -0.15) is 0 Å². The summed E-state index contributed by atoms with van der Waals surface area (Å²) in [5.74, 6) is 0.936. The van der Waals surface area contributed by atoms with Gasteiger partial charge in [-0.05, 0) is 51.9 Å². The molecule has 13 heavy (non-hydrogen) atoms. The van der Waals surface area contributed by atoms with Crippen molar-refractivity contribution < 1.29 is 4.74 Å². The van der Waals surface area contributed by atoms with Gasteiger partial charge in [-0.25, -0.2) is 0 Å². The van der Waals surface area contributed by atoms with Gasteiger partial charge in [0.15, 0.2) is 0 Å². The van der Waals surface area contributed by atoms with E-state index in [2.05, 4.69) is 41.1 Å². The summed E-state index contributed by atoms with van der Waals surface area (Å²) in [6.45, 7) is 2.30. The van der Waals surface area contributed by atoms with E-state index in [1.165, 1.54) is 18.4 Å². The lowest BCUT2D eigenvalue weighted by Gasteiger charge is -2.11. The lowest BCUT2D eigenvalue weighted by atomic mass is 9.98. The van der Waals surface area contributed by atoms with Gasteiger partial charge in [-0.3, -0.25) is 0 Å². The summed E-state index contributed by atoms with van der Waals surface area (Å²) >= 11 is 3.45. The van der Waals surface area contributed by atoms with Crippen molar-refractivity contribution in [1.82, 2.24) is 0 Å². The standard InChI is InChI=1S/C11H13BrO/c1-11(5-6-11)8-3-4-9(12)10(7-8)13-2/h3-4,7H,5-6H2,1-2H3. The van der Waals surface area contributed by atoms with Crippen molar-refractivity contribution in [3.05, 3.63) is 28.2 Å². The second kappa shape index (κ2) is 3.02. The van der Waals surface area contributed by atoms with Crippen LogP contribution in [0.25, 0.3) is 0 Å². The van der Waals surface area contributed by atoms with Crippen molar-refractivity contribution in [3.63, 3.8) is 0 Å². The summed E-state index contributed by atoms with van der Waals surface area (Å²) < 4.78 is 6.29. The van der Waals surface area contributed by atoms with E-state index in [0.717, 1.165) is 10.2 Å². The van der Waals surface area contributed by atoms with Crippen molar-refractivity contribution in [2.45, 2.75) is 25.2 Å². The summed E-state index contributed by atoms with van der Waals surface area (Å²) in [7, 11) is 1.71. The average Bonchev–Trinajstić information content (AvgIpc) is 2.86. The summed E-state index contributed by atoms with van der Waals surface area (Å²) in [6, 6.07) is 6.38. The van der Waals surface area contributed by atoms with E-state index < -0.39 is 0 Å². The Morgan fingerprint density at radius 3 is 2.62 bits per heavy atom. The Labute approximate surface area is 87.2 Å². The fourth-order valence-electron chi connectivity index (χ4n) is 1.51. The zero-order chi connectivity index (χ0) is 9.47. The lowest BCUT2D eigenvalue weighted by molar-refractivity contribution is 0.411. The molecular formula is C11H13BrO. The topological polar surface area (TPSA) is 9.23 Å².